The molecule has 1 aromatic rings. The third kappa shape index (κ3) is 3.43. The zero-order chi connectivity index (χ0) is 12.1. The van der Waals surface area contributed by atoms with Crippen molar-refractivity contribution in [3.05, 3.63) is 34.9 Å². The van der Waals surface area contributed by atoms with Crippen molar-refractivity contribution in [2.75, 3.05) is 6.54 Å². The van der Waals surface area contributed by atoms with Gasteiger partial charge in [-0.1, -0.05) is 23.7 Å². The summed E-state index contributed by atoms with van der Waals surface area (Å²) in [6.45, 7) is 1.65. The molecular formula is C12H17ClN4. The van der Waals surface area contributed by atoms with Gasteiger partial charge in [-0.05, 0) is 37.1 Å². The average molecular weight is 253 g/mol. The number of hydrazine groups is 1. The highest BCUT2D eigenvalue weighted by Gasteiger charge is 2.18. The van der Waals surface area contributed by atoms with Crippen LogP contribution in [0.3, 0.4) is 0 Å². The van der Waals surface area contributed by atoms with Crippen molar-refractivity contribution < 1.29 is 0 Å². The molecule has 0 amide bonds. The lowest BCUT2D eigenvalue weighted by Gasteiger charge is -2.13. The maximum absolute atomic E-state index is 5.83. The smallest absolute Gasteiger partial charge is 0.128 e. The fraction of sp³-hybridized carbons (Fsp3) is 0.417. The zero-order valence-electron chi connectivity index (χ0n) is 9.62. The number of hydrogen-bond donors (Lipinski definition) is 3. The maximum atomic E-state index is 5.83. The summed E-state index contributed by atoms with van der Waals surface area (Å²) in [5.74, 6) is 6.33. The SMILES string of the molecule is NNC(=NCc1ccc(Cl)cc1)C1CCCN1. The minimum atomic E-state index is 0.271. The Bertz CT molecular complexity index is 382. The van der Waals surface area contributed by atoms with Gasteiger partial charge in [0.15, 0.2) is 0 Å². The summed E-state index contributed by atoms with van der Waals surface area (Å²) in [6, 6.07) is 7.96. The molecule has 0 saturated carbocycles. The van der Waals surface area contributed by atoms with Crippen LogP contribution >= 0.6 is 11.6 Å². The third-order valence-electron chi connectivity index (χ3n) is 2.88. The van der Waals surface area contributed by atoms with Crippen molar-refractivity contribution in [1.82, 2.24) is 10.7 Å². The fourth-order valence-corrected chi connectivity index (χ4v) is 2.07. The lowest BCUT2D eigenvalue weighted by molar-refractivity contribution is 0.723. The van der Waals surface area contributed by atoms with Gasteiger partial charge in [-0.3, -0.25) is 4.99 Å². The highest BCUT2D eigenvalue weighted by Crippen LogP contribution is 2.11. The fourth-order valence-electron chi connectivity index (χ4n) is 1.94. The molecule has 0 bridgehead atoms. The van der Waals surface area contributed by atoms with Gasteiger partial charge < -0.3 is 10.7 Å². The summed E-state index contributed by atoms with van der Waals surface area (Å²) >= 11 is 5.83. The maximum Gasteiger partial charge on any atom is 0.128 e. The van der Waals surface area contributed by atoms with Crippen LogP contribution in [-0.2, 0) is 6.54 Å². The van der Waals surface area contributed by atoms with E-state index in [9.17, 15) is 0 Å². The summed E-state index contributed by atoms with van der Waals surface area (Å²) in [4.78, 5) is 4.50. The van der Waals surface area contributed by atoms with E-state index >= 15 is 0 Å². The Morgan fingerprint density at radius 1 is 1.47 bits per heavy atom. The molecule has 4 N–H and O–H groups in total. The molecular weight excluding hydrogens is 236 g/mol. The first-order valence-electron chi connectivity index (χ1n) is 5.78. The van der Waals surface area contributed by atoms with E-state index < -0.39 is 0 Å². The molecule has 1 aromatic carbocycles. The van der Waals surface area contributed by atoms with E-state index in [1.165, 1.54) is 6.42 Å². The summed E-state index contributed by atoms with van der Waals surface area (Å²) in [7, 11) is 0. The van der Waals surface area contributed by atoms with Crippen molar-refractivity contribution in [1.29, 1.82) is 0 Å². The molecule has 0 radical (unpaired) electrons. The Labute approximate surface area is 106 Å². The van der Waals surface area contributed by atoms with Gasteiger partial charge in [0, 0.05) is 5.02 Å². The van der Waals surface area contributed by atoms with Crippen LogP contribution < -0.4 is 16.6 Å². The lowest BCUT2D eigenvalue weighted by atomic mass is 10.2. The molecule has 1 aliphatic rings. The van der Waals surface area contributed by atoms with Gasteiger partial charge in [-0.2, -0.15) is 0 Å². The second-order valence-corrected chi connectivity index (χ2v) is 4.56. The molecule has 1 atom stereocenters. The highest BCUT2D eigenvalue weighted by atomic mass is 35.5. The third-order valence-corrected chi connectivity index (χ3v) is 3.14. The topological polar surface area (TPSA) is 62.4 Å². The lowest BCUT2D eigenvalue weighted by Crippen LogP contribution is -2.44. The molecule has 1 unspecified atom stereocenters. The van der Waals surface area contributed by atoms with Crippen molar-refractivity contribution in [3.63, 3.8) is 0 Å². The molecule has 5 heteroatoms. The Morgan fingerprint density at radius 2 is 2.24 bits per heavy atom. The van der Waals surface area contributed by atoms with Gasteiger partial charge in [0.05, 0.1) is 12.6 Å². The molecule has 1 fully saturated rings. The molecule has 0 aliphatic carbocycles. The van der Waals surface area contributed by atoms with Gasteiger partial charge in [-0.15, -0.1) is 0 Å². The minimum absolute atomic E-state index is 0.271. The van der Waals surface area contributed by atoms with E-state index in [2.05, 4.69) is 15.7 Å². The summed E-state index contributed by atoms with van der Waals surface area (Å²) in [5, 5.41) is 4.10. The van der Waals surface area contributed by atoms with Crippen molar-refractivity contribution >= 4 is 17.4 Å². The number of nitrogens with two attached hydrogens (primary N) is 1. The van der Waals surface area contributed by atoms with E-state index in [1.54, 1.807) is 0 Å². The number of hydrogen-bond acceptors (Lipinski definition) is 3. The minimum Gasteiger partial charge on any atom is -0.311 e. The van der Waals surface area contributed by atoms with Crippen LogP contribution in [0.5, 0.6) is 0 Å². The summed E-state index contributed by atoms with van der Waals surface area (Å²) < 4.78 is 0. The number of halogens is 1. The summed E-state index contributed by atoms with van der Waals surface area (Å²) in [6.07, 6.45) is 2.26. The number of benzene rings is 1. The van der Waals surface area contributed by atoms with Gasteiger partial charge in [0.1, 0.15) is 5.84 Å². The van der Waals surface area contributed by atoms with Crippen LogP contribution in [0.25, 0.3) is 0 Å². The van der Waals surface area contributed by atoms with Crippen LogP contribution in [0.15, 0.2) is 29.3 Å². The Hall–Kier alpha value is -1.10. The first-order chi connectivity index (χ1) is 8.29. The van der Waals surface area contributed by atoms with Gasteiger partial charge in [-0.25, -0.2) is 5.84 Å². The number of nitrogens with one attached hydrogen (secondary N) is 2. The van der Waals surface area contributed by atoms with Crippen LogP contribution in [0.4, 0.5) is 0 Å². The van der Waals surface area contributed by atoms with Crippen LogP contribution in [0, 0.1) is 0 Å². The van der Waals surface area contributed by atoms with Crippen molar-refractivity contribution in [3.8, 4) is 0 Å². The van der Waals surface area contributed by atoms with Crippen molar-refractivity contribution in [2.24, 2.45) is 10.8 Å². The van der Waals surface area contributed by atoms with Crippen LogP contribution in [-0.4, -0.2) is 18.4 Å². The first-order valence-corrected chi connectivity index (χ1v) is 6.16. The highest BCUT2D eigenvalue weighted by molar-refractivity contribution is 6.30. The number of nitrogens with zero attached hydrogens (tertiary/aromatic N) is 1. The van der Waals surface area contributed by atoms with Crippen molar-refractivity contribution in [2.45, 2.75) is 25.4 Å². The van der Waals surface area contributed by atoms with E-state index in [0.29, 0.717) is 6.54 Å². The molecule has 92 valence electrons. The molecule has 1 saturated heterocycles. The molecule has 17 heavy (non-hydrogen) atoms. The van der Waals surface area contributed by atoms with E-state index in [1.807, 2.05) is 24.3 Å². The van der Waals surface area contributed by atoms with E-state index in [0.717, 1.165) is 29.4 Å². The second kappa shape index (κ2) is 6.00. The van der Waals surface area contributed by atoms with E-state index in [4.69, 9.17) is 17.4 Å². The quantitative estimate of drug-likeness (QED) is 0.330. The largest absolute Gasteiger partial charge is 0.311 e. The number of rotatable bonds is 3. The molecule has 0 spiro atoms. The van der Waals surface area contributed by atoms with Gasteiger partial charge in [0.25, 0.3) is 0 Å². The molecule has 0 aromatic heterocycles. The first kappa shape index (κ1) is 12.4. The number of aliphatic imine (C=N–C) groups is 1. The normalized spacial score (nSPS) is 20.6. The standard InChI is InChI=1S/C12H17ClN4/c13-10-5-3-9(4-6-10)8-16-12(17-14)11-2-1-7-15-11/h3-6,11,15H,1-2,7-8,14H2,(H,16,17). The zero-order valence-corrected chi connectivity index (χ0v) is 10.4. The Kier molecular flexibility index (Phi) is 4.36. The van der Waals surface area contributed by atoms with Gasteiger partial charge >= 0.3 is 0 Å². The molecule has 4 nitrogen and oxygen atoms in total. The molecule has 1 heterocycles. The number of amidine groups is 1. The Balaban J connectivity index is 1.99. The summed E-state index contributed by atoms with van der Waals surface area (Å²) in [5.41, 5.74) is 3.81. The van der Waals surface area contributed by atoms with Crippen LogP contribution in [0.1, 0.15) is 18.4 Å². The molecule has 2 rings (SSSR count). The average Bonchev–Trinajstić information content (AvgIpc) is 2.86. The van der Waals surface area contributed by atoms with E-state index in [-0.39, 0.29) is 6.04 Å². The Morgan fingerprint density at radius 3 is 2.82 bits per heavy atom. The molecule has 1 aliphatic heterocycles. The predicted octanol–water partition coefficient (Wildman–Crippen LogP) is 1.45. The second-order valence-electron chi connectivity index (χ2n) is 4.12. The predicted molar refractivity (Wildman–Crippen MR) is 70.9 cm³/mol. The van der Waals surface area contributed by atoms with Crippen LogP contribution in [0.2, 0.25) is 5.02 Å². The monoisotopic (exact) mass is 252 g/mol. The van der Waals surface area contributed by atoms with Gasteiger partial charge in [0.2, 0.25) is 0 Å².